The van der Waals surface area contributed by atoms with Crippen molar-refractivity contribution in [2.45, 2.75) is 101 Å². The topological polar surface area (TPSA) is 55.1 Å². The van der Waals surface area contributed by atoms with Crippen molar-refractivity contribution >= 4 is 5.91 Å². The average molecular weight is 395 g/mol. The van der Waals surface area contributed by atoms with E-state index in [4.69, 9.17) is 5.73 Å². The molecule has 3 bridgehead atoms. The Morgan fingerprint density at radius 1 is 1.00 bits per heavy atom. The number of hydrogen-bond acceptors (Lipinski definition) is 2. The van der Waals surface area contributed by atoms with Gasteiger partial charge in [-0.2, -0.15) is 0 Å². The highest BCUT2D eigenvalue weighted by Gasteiger charge is 2.64. The van der Waals surface area contributed by atoms with Crippen LogP contribution < -0.4 is 11.1 Å². The normalized spacial score (nSPS) is 43.7. The molecule has 4 aliphatic rings. The second-order valence-corrected chi connectivity index (χ2v) is 11.0. The monoisotopic (exact) mass is 394 g/mol. The zero-order chi connectivity index (χ0) is 20.1. The van der Waals surface area contributed by atoms with Gasteiger partial charge in [-0.1, -0.05) is 43.7 Å². The van der Waals surface area contributed by atoms with Crippen LogP contribution in [-0.4, -0.2) is 18.0 Å². The van der Waals surface area contributed by atoms with Crippen molar-refractivity contribution in [3.05, 3.63) is 35.9 Å². The Labute approximate surface area is 176 Å². The highest BCUT2D eigenvalue weighted by Crippen LogP contribution is 2.70. The minimum Gasteiger partial charge on any atom is -0.353 e. The molecule has 0 spiro atoms. The molecule has 29 heavy (non-hydrogen) atoms. The summed E-state index contributed by atoms with van der Waals surface area (Å²) >= 11 is 0. The van der Waals surface area contributed by atoms with Gasteiger partial charge >= 0.3 is 0 Å². The van der Waals surface area contributed by atoms with Crippen molar-refractivity contribution in [1.29, 1.82) is 0 Å². The van der Waals surface area contributed by atoms with Crippen LogP contribution >= 0.6 is 0 Å². The van der Waals surface area contributed by atoms with Crippen molar-refractivity contribution in [2.24, 2.45) is 22.5 Å². The van der Waals surface area contributed by atoms with Crippen LogP contribution in [-0.2, 0) is 10.2 Å². The first-order chi connectivity index (χ1) is 14.0. The van der Waals surface area contributed by atoms with Gasteiger partial charge in [0.25, 0.3) is 0 Å². The van der Waals surface area contributed by atoms with Crippen LogP contribution in [0.2, 0.25) is 0 Å². The predicted molar refractivity (Wildman–Crippen MR) is 117 cm³/mol. The summed E-state index contributed by atoms with van der Waals surface area (Å²) in [6.07, 6.45) is 13.8. The van der Waals surface area contributed by atoms with Gasteiger partial charge in [-0.05, 0) is 92.9 Å². The van der Waals surface area contributed by atoms with E-state index in [2.05, 4.69) is 42.6 Å². The highest BCUT2D eigenvalue weighted by atomic mass is 16.2. The lowest BCUT2D eigenvalue weighted by Crippen LogP contribution is -2.62. The fraction of sp³-hybridized carbons (Fsp3) is 0.731. The van der Waals surface area contributed by atoms with Crippen LogP contribution in [0.15, 0.2) is 30.3 Å². The summed E-state index contributed by atoms with van der Waals surface area (Å²) in [5.41, 5.74) is 7.97. The molecule has 5 rings (SSSR count). The standard InChI is InChI=1S/C26H38N2O/c1-2-24-16-25(19-6-4-3-5-7-19)14-12-20(24)13-15-26(17-24,18-25)23(29)28-22-10-8-21(27)9-11-22/h3-7,20-22H,2,8-18,27H2,1H3,(H,28,29)/t20?,21?,22?,24-,25-,26?/m1/s1. The number of rotatable bonds is 4. The summed E-state index contributed by atoms with van der Waals surface area (Å²) in [6.45, 7) is 2.38. The molecule has 2 unspecified atom stereocenters. The van der Waals surface area contributed by atoms with Crippen LogP contribution in [0.3, 0.4) is 0 Å². The molecule has 3 nitrogen and oxygen atoms in total. The van der Waals surface area contributed by atoms with Gasteiger partial charge in [0.1, 0.15) is 0 Å². The third kappa shape index (κ3) is 3.15. The number of nitrogens with one attached hydrogen (secondary N) is 1. The fourth-order valence-corrected chi connectivity index (χ4v) is 8.04. The van der Waals surface area contributed by atoms with Gasteiger partial charge in [-0.3, -0.25) is 4.79 Å². The minimum absolute atomic E-state index is 0.166. The maximum Gasteiger partial charge on any atom is 0.226 e. The molecular formula is C26H38N2O. The fourth-order valence-electron chi connectivity index (χ4n) is 8.04. The predicted octanol–water partition coefficient (Wildman–Crippen LogP) is 5.08. The molecule has 0 aliphatic heterocycles. The molecule has 0 radical (unpaired) electrons. The molecule has 4 aliphatic carbocycles. The molecule has 1 amide bonds. The molecule has 3 N–H and O–H groups in total. The Hall–Kier alpha value is -1.35. The third-order valence-corrected chi connectivity index (χ3v) is 9.55. The third-order valence-electron chi connectivity index (χ3n) is 9.55. The van der Waals surface area contributed by atoms with Gasteiger partial charge in [0.2, 0.25) is 5.91 Å². The molecule has 0 aromatic heterocycles. The molecule has 1 aromatic rings. The summed E-state index contributed by atoms with van der Waals surface area (Å²) in [7, 11) is 0. The smallest absolute Gasteiger partial charge is 0.226 e. The molecule has 4 fully saturated rings. The van der Waals surface area contributed by atoms with Crippen LogP contribution in [0.4, 0.5) is 0 Å². The lowest BCUT2D eigenvalue weighted by atomic mass is 9.39. The number of carbonyl (C=O) groups is 1. The Morgan fingerprint density at radius 2 is 1.72 bits per heavy atom. The van der Waals surface area contributed by atoms with Crippen molar-refractivity contribution in [2.75, 3.05) is 0 Å². The van der Waals surface area contributed by atoms with Crippen LogP contribution in [0.1, 0.15) is 89.5 Å². The maximum atomic E-state index is 13.8. The minimum atomic E-state index is -0.166. The van der Waals surface area contributed by atoms with Gasteiger partial charge < -0.3 is 11.1 Å². The SMILES string of the molecule is CC[C@@]12CC3(C(=O)NC4CCC(N)CC4)CCC1CC[C@](c1ccccc1)(C3)C2. The van der Waals surface area contributed by atoms with Crippen LogP contribution in [0, 0.1) is 16.7 Å². The molecular weight excluding hydrogens is 356 g/mol. The zero-order valence-corrected chi connectivity index (χ0v) is 18.1. The number of benzene rings is 1. The summed E-state index contributed by atoms with van der Waals surface area (Å²) in [5, 5.41) is 3.53. The number of amides is 1. The van der Waals surface area contributed by atoms with E-state index in [1.54, 1.807) is 0 Å². The van der Waals surface area contributed by atoms with Gasteiger partial charge in [0, 0.05) is 12.1 Å². The van der Waals surface area contributed by atoms with Crippen molar-refractivity contribution in [3.8, 4) is 0 Å². The summed E-state index contributed by atoms with van der Waals surface area (Å²) < 4.78 is 0. The number of nitrogens with two attached hydrogens (primary N) is 1. The van der Waals surface area contributed by atoms with E-state index in [0.717, 1.165) is 50.9 Å². The van der Waals surface area contributed by atoms with Crippen molar-refractivity contribution in [1.82, 2.24) is 5.32 Å². The van der Waals surface area contributed by atoms with E-state index in [-0.39, 0.29) is 10.8 Å². The Kier molecular flexibility index (Phi) is 4.81. The first kappa shape index (κ1) is 19.6. The van der Waals surface area contributed by atoms with Gasteiger partial charge in [-0.25, -0.2) is 0 Å². The highest BCUT2D eigenvalue weighted by molar-refractivity contribution is 5.83. The molecule has 0 saturated heterocycles. The first-order valence-electron chi connectivity index (χ1n) is 12.1. The van der Waals surface area contributed by atoms with Crippen LogP contribution in [0.25, 0.3) is 0 Å². The van der Waals surface area contributed by atoms with Crippen molar-refractivity contribution in [3.63, 3.8) is 0 Å². The summed E-state index contributed by atoms with van der Waals surface area (Å²) in [5.74, 6) is 1.19. The molecule has 0 heterocycles. The lowest BCUT2D eigenvalue weighted by Gasteiger charge is -2.65. The molecule has 3 heteroatoms. The van der Waals surface area contributed by atoms with E-state index in [0.29, 0.717) is 23.4 Å². The largest absolute Gasteiger partial charge is 0.353 e. The van der Waals surface area contributed by atoms with E-state index in [9.17, 15) is 4.79 Å². The van der Waals surface area contributed by atoms with E-state index in [1.807, 2.05) is 0 Å². The number of hydrogen-bond donors (Lipinski definition) is 2. The lowest BCUT2D eigenvalue weighted by molar-refractivity contribution is -0.160. The van der Waals surface area contributed by atoms with Gasteiger partial charge in [0.05, 0.1) is 5.41 Å². The first-order valence-corrected chi connectivity index (χ1v) is 12.1. The summed E-state index contributed by atoms with van der Waals surface area (Å²) in [4.78, 5) is 13.8. The average Bonchev–Trinajstić information content (AvgIpc) is 2.74. The Bertz CT molecular complexity index is 755. The zero-order valence-electron chi connectivity index (χ0n) is 18.1. The molecule has 4 atom stereocenters. The number of fused-ring (bicyclic) bond motifs is 2. The van der Waals surface area contributed by atoms with Gasteiger partial charge in [0.15, 0.2) is 0 Å². The quantitative estimate of drug-likeness (QED) is 0.748. The van der Waals surface area contributed by atoms with E-state index in [1.165, 1.54) is 37.7 Å². The molecule has 4 saturated carbocycles. The van der Waals surface area contributed by atoms with E-state index >= 15 is 0 Å². The Morgan fingerprint density at radius 3 is 2.45 bits per heavy atom. The van der Waals surface area contributed by atoms with Crippen LogP contribution in [0.5, 0.6) is 0 Å². The summed E-state index contributed by atoms with van der Waals surface area (Å²) in [6, 6.07) is 11.8. The molecule has 158 valence electrons. The molecule has 1 aromatic carbocycles. The second-order valence-electron chi connectivity index (χ2n) is 11.0. The van der Waals surface area contributed by atoms with Gasteiger partial charge in [-0.15, -0.1) is 0 Å². The van der Waals surface area contributed by atoms with E-state index < -0.39 is 0 Å². The van der Waals surface area contributed by atoms with Crippen molar-refractivity contribution < 1.29 is 4.79 Å². The maximum absolute atomic E-state index is 13.8. The Balaban J connectivity index is 1.47. The number of carbonyl (C=O) groups excluding carboxylic acids is 1. The second kappa shape index (κ2) is 7.11.